The Kier molecular flexibility index (Phi) is 5.58. The normalized spacial score (nSPS) is 18.0. The molecule has 5 nitrogen and oxygen atoms in total. The van der Waals surface area contributed by atoms with Gasteiger partial charge in [0.25, 0.3) is 11.8 Å². The van der Waals surface area contributed by atoms with E-state index in [0.29, 0.717) is 23.7 Å². The van der Waals surface area contributed by atoms with Crippen molar-refractivity contribution in [1.82, 2.24) is 9.80 Å². The first-order chi connectivity index (χ1) is 14.4. The number of carbonyl (C=O) groups excluding carboxylic acids is 2. The standard InChI is InChI=1S/C22H20ClF2N3O2/c1-2-26-9-11-27(12-10-26)20-19(14-3-5-15(23)6-4-14)21(29)28(22(20)30)16-7-8-17(24)18(25)13-16/h3-8,13H,2,9-12H2,1H3. The van der Waals surface area contributed by atoms with Gasteiger partial charge in [-0.15, -0.1) is 0 Å². The summed E-state index contributed by atoms with van der Waals surface area (Å²) in [5.41, 5.74) is 1.07. The molecule has 0 bridgehead atoms. The quantitative estimate of drug-likeness (QED) is 0.695. The van der Waals surface area contributed by atoms with E-state index in [1.807, 2.05) is 4.90 Å². The van der Waals surface area contributed by atoms with Crippen molar-refractivity contribution < 1.29 is 18.4 Å². The largest absolute Gasteiger partial charge is 0.364 e. The number of hydrogen-bond donors (Lipinski definition) is 0. The Labute approximate surface area is 178 Å². The third-order valence-corrected chi connectivity index (χ3v) is 5.74. The number of nitrogens with zero attached hydrogens (tertiary/aromatic N) is 3. The molecule has 2 aliphatic heterocycles. The molecule has 1 fully saturated rings. The second-order valence-electron chi connectivity index (χ2n) is 7.20. The van der Waals surface area contributed by atoms with Crippen LogP contribution in [-0.4, -0.2) is 54.3 Å². The van der Waals surface area contributed by atoms with Crippen LogP contribution in [0, 0.1) is 11.6 Å². The first-order valence-electron chi connectivity index (χ1n) is 9.72. The molecule has 156 valence electrons. The summed E-state index contributed by atoms with van der Waals surface area (Å²) in [6.45, 7) is 5.69. The number of rotatable bonds is 4. The molecule has 0 aromatic heterocycles. The van der Waals surface area contributed by atoms with Gasteiger partial charge in [-0.25, -0.2) is 13.7 Å². The van der Waals surface area contributed by atoms with Crippen LogP contribution in [0.5, 0.6) is 0 Å². The lowest BCUT2D eigenvalue weighted by molar-refractivity contribution is -0.120. The molecule has 0 spiro atoms. The minimum absolute atomic E-state index is 0.00226. The van der Waals surface area contributed by atoms with Gasteiger partial charge in [0, 0.05) is 37.3 Å². The molecule has 0 unspecified atom stereocenters. The predicted molar refractivity (Wildman–Crippen MR) is 111 cm³/mol. The number of imide groups is 1. The van der Waals surface area contributed by atoms with Crippen molar-refractivity contribution >= 4 is 34.7 Å². The van der Waals surface area contributed by atoms with Gasteiger partial charge in [-0.2, -0.15) is 0 Å². The van der Waals surface area contributed by atoms with Crippen LogP contribution in [-0.2, 0) is 9.59 Å². The Bertz CT molecular complexity index is 1030. The zero-order valence-electron chi connectivity index (χ0n) is 16.4. The minimum Gasteiger partial charge on any atom is -0.364 e. The lowest BCUT2D eigenvalue weighted by Gasteiger charge is -2.36. The van der Waals surface area contributed by atoms with E-state index < -0.39 is 23.4 Å². The van der Waals surface area contributed by atoms with Gasteiger partial charge in [-0.3, -0.25) is 9.59 Å². The molecule has 0 saturated carbocycles. The lowest BCUT2D eigenvalue weighted by Crippen LogP contribution is -2.47. The monoisotopic (exact) mass is 431 g/mol. The third-order valence-electron chi connectivity index (χ3n) is 5.49. The van der Waals surface area contributed by atoms with Crippen molar-refractivity contribution in [3.8, 4) is 0 Å². The van der Waals surface area contributed by atoms with E-state index in [0.717, 1.165) is 36.7 Å². The number of halogens is 3. The van der Waals surface area contributed by atoms with Crippen molar-refractivity contribution in [3.63, 3.8) is 0 Å². The van der Waals surface area contributed by atoms with Crippen LogP contribution in [0.1, 0.15) is 12.5 Å². The molecule has 0 radical (unpaired) electrons. The summed E-state index contributed by atoms with van der Waals surface area (Å²) in [4.78, 5) is 31.8. The maximum atomic E-state index is 13.8. The number of piperazine rings is 1. The third kappa shape index (κ3) is 3.59. The van der Waals surface area contributed by atoms with Crippen LogP contribution in [0.3, 0.4) is 0 Å². The molecule has 2 aromatic carbocycles. The van der Waals surface area contributed by atoms with Gasteiger partial charge in [-0.05, 0) is 36.4 Å². The van der Waals surface area contributed by atoms with Crippen molar-refractivity contribution in [2.24, 2.45) is 0 Å². The van der Waals surface area contributed by atoms with Gasteiger partial charge in [0.15, 0.2) is 11.6 Å². The highest BCUT2D eigenvalue weighted by atomic mass is 35.5. The minimum atomic E-state index is -1.12. The van der Waals surface area contributed by atoms with Crippen LogP contribution >= 0.6 is 11.6 Å². The SMILES string of the molecule is CCN1CCN(C2=C(c3ccc(Cl)cc3)C(=O)N(c3ccc(F)c(F)c3)C2=O)CC1. The molecule has 4 rings (SSSR count). The molecule has 0 aliphatic carbocycles. The molecule has 2 heterocycles. The second kappa shape index (κ2) is 8.16. The van der Waals surface area contributed by atoms with Crippen LogP contribution in [0.2, 0.25) is 5.02 Å². The second-order valence-corrected chi connectivity index (χ2v) is 7.63. The zero-order valence-corrected chi connectivity index (χ0v) is 17.1. The highest BCUT2D eigenvalue weighted by molar-refractivity contribution is 6.45. The van der Waals surface area contributed by atoms with Crippen LogP contribution < -0.4 is 4.90 Å². The number of carbonyl (C=O) groups is 2. The molecular weight excluding hydrogens is 412 g/mol. The molecule has 0 atom stereocenters. The topological polar surface area (TPSA) is 43.9 Å². The van der Waals surface area contributed by atoms with Crippen LogP contribution in [0.4, 0.5) is 14.5 Å². The maximum Gasteiger partial charge on any atom is 0.282 e. The maximum absolute atomic E-state index is 13.8. The molecule has 1 saturated heterocycles. The van der Waals surface area contributed by atoms with E-state index in [2.05, 4.69) is 11.8 Å². The average molecular weight is 432 g/mol. The van der Waals surface area contributed by atoms with Gasteiger partial charge in [0.2, 0.25) is 0 Å². The van der Waals surface area contributed by atoms with E-state index in [4.69, 9.17) is 11.6 Å². The van der Waals surface area contributed by atoms with Crippen LogP contribution in [0.15, 0.2) is 48.2 Å². The van der Waals surface area contributed by atoms with Gasteiger partial charge >= 0.3 is 0 Å². The zero-order chi connectivity index (χ0) is 21.4. The Morgan fingerprint density at radius 1 is 0.900 bits per heavy atom. The summed E-state index contributed by atoms with van der Waals surface area (Å²) >= 11 is 5.99. The molecule has 2 amide bonds. The Balaban J connectivity index is 1.78. The molecule has 30 heavy (non-hydrogen) atoms. The van der Waals surface area contributed by atoms with Crippen LogP contribution in [0.25, 0.3) is 5.57 Å². The number of hydrogen-bond acceptors (Lipinski definition) is 4. The van der Waals surface area contributed by atoms with E-state index >= 15 is 0 Å². The summed E-state index contributed by atoms with van der Waals surface area (Å²) < 4.78 is 27.2. The fourth-order valence-electron chi connectivity index (χ4n) is 3.83. The fourth-order valence-corrected chi connectivity index (χ4v) is 3.96. The van der Waals surface area contributed by atoms with Crippen molar-refractivity contribution in [2.45, 2.75) is 6.92 Å². The molecule has 2 aromatic rings. The van der Waals surface area contributed by atoms with Gasteiger partial charge in [0.05, 0.1) is 11.3 Å². The number of amides is 2. The predicted octanol–water partition coefficient (Wildman–Crippen LogP) is 3.54. The summed E-state index contributed by atoms with van der Waals surface area (Å²) in [7, 11) is 0. The summed E-state index contributed by atoms with van der Waals surface area (Å²) in [5, 5.41) is 0.506. The van der Waals surface area contributed by atoms with Gasteiger partial charge < -0.3 is 9.80 Å². The Morgan fingerprint density at radius 2 is 1.57 bits per heavy atom. The highest BCUT2D eigenvalue weighted by Gasteiger charge is 2.43. The van der Waals surface area contributed by atoms with Crippen molar-refractivity contribution in [2.75, 3.05) is 37.6 Å². The summed E-state index contributed by atoms with van der Waals surface area (Å²) in [6.07, 6.45) is 0. The van der Waals surface area contributed by atoms with E-state index in [9.17, 15) is 18.4 Å². The van der Waals surface area contributed by atoms with Crippen molar-refractivity contribution in [1.29, 1.82) is 0 Å². The van der Waals surface area contributed by atoms with E-state index in [1.165, 1.54) is 6.07 Å². The highest BCUT2D eigenvalue weighted by Crippen LogP contribution is 2.36. The molecule has 2 aliphatic rings. The smallest absolute Gasteiger partial charge is 0.282 e. The lowest BCUT2D eigenvalue weighted by atomic mass is 10.0. The summed E-state index contributed by atoms with van der Waals surface area (Å²) in [6, 6.07) is 9.65. The fraction of sp³-hybridized carbons (Fsp3) is 0.273. The van der Waals surface area contributed by atoms with Gasteiger partial charge in [0.1, 0.15) is 5.70 Å². The van der Waals surface area contributed by atoms with E-state index in [-0.39, 0.29) is 17.0 Å². The average Bonchev–Trinajstić information content (AvgIpc) is 3.01. The van der Waals surface area contributed by atoms with Crippen molar-refractivity contribution in [3.05, 3.63) is 70.4 Å². The number of anilines is 1. The first kappa shape index (κ1) is 20.5. The Morgan fingerprint density at radius 3 is 2.17 bits per heavy atom. The first-order valence-corrected chi connectivity index (χ1v) is 10.1. The Hall–Kier alpha value is -2.77. The van der Waals surface area contributed by atoms with E-state index in [1.54, 1.807) is 24.3 Å². The van der Waals surface area contributed by atoms with Gasteiger partial charge in [-0.1, -0.05) is 30.7 Å². The molecule has 0 N–H and O–H groups in total. The number of benzene rings is 2. The molecular formula is C22H20ClF2N3O2. The number of likely N-dealkylation sites (N-methyl/N-ethyl adjacent to an activating group) is 1. The molecule has 8 heteroatoms. The summed E-state index contributed by atoms with van der Waals surface area (Å²) in [5.74, 6) is -3.27.